The van der Waals surface area contributed by atoms with E-state index in [1.807, 2.05) is 42.5 Å². The van der Waals surface area contributed by atoms with Gasteiger partial charge in [0.15, 0.2) is 0 Å². The number of anilines is 1. The van der Waals surface area contributed by atoms with E-state index in [4.69, 9.17) is 9.47 Å². The molecule has 2 aromatic carbocycles. The van der Waals surface area contributed by atoms with Gasteiger partial charge in [-0.15, -0.1) is 0 Å². The van der Waals surface area contributed by atoms with Gasteiger partial charge in [0.25, 0.3) is 0 Å². The molecule has 0 aliphatic carbocycles. The Labute approximate surface area is 194 Å². The van der Waals surface area contributed by atoms with Crippen LogP contribution >= 0.6 is 0 Å². The number of carbonyl (C=O) groups is 1. The Kier molecular flexibility index (Phi) is 7.87. The summed E-state index contributed by atoms with van der Waals surface area (Å²) >= 11 is 0. The fourth-order valence-electron chi connectivity index (χ4n) is 3.86. The van der Waals surface area contributed by atoms with Gasteiger partial charge in [0, 0.05) is 31.8 Å². The number of benzene rings is 2. The quantitative estimate of drug-likeness (QED) is 0.369. The summed E-state index contributed by atoms with van der Waals surface area (Å²) in [6.45, 7) is 6.11. The molecule has 1 N–H and O–H groups in total. The summed E-state index contributed by atoms with van der Waals surface area (Å²) in [5.41, 5.74) is 2.98. The van der Waals surface area contributed by atoms with Crippen molar-refractivity contribution in [2.24, 2.45) is 0 Å². The molecular formula is C26H30N4O3. The molecule has 172 valence electrons. The van der Waals surface area contributed by atoms with Crippen molar-refractivity contribution in [3.8, 4) is 22.8 Å². The van der Waals surface area contributed by atoms with Gasteiger partial charge in [0.1, 0.15) is 18.1 Å². The van der Waals surface area contributed by atoms with Crippen molar-refractivity contribution in [2.45, 2.75) is 26.2 Å². The first kappa shape index (κ1) is 22.7. The second kappa shape index (κ2) is 11.4. The number of aromatic nitrogens is 2. The SMILES string of the molecule is CC(=O)Oc1ccc(CCNc2nccc(-c3cccc(OCCN4CCCC4)c3)n2)cc1. The van der Waals surface area contributed by atoms with Gasteiger partial charge in [-0.25, -0.2) is 9.97 Å². The van der Waals surface area contributed by atoms with E-state index < -0.39 is 0 Å². The van der Waals surface area contributed by atoms with Gasteiger partial charge in [0.05, 0.1) is 5.69 Å². The molecule has 0 bridgehead atoms. The van der Waals surface area contributed by atoms with Gasteiger partial charge in [-0.3, -0.25) is 9.69 Å². The molecule has 1 aliphatic heterocycles. The highest BCUT2D eigenvalue weighted by Crippen LogP contribution is 2.23. The predicted molar refractivity (Wildman–Crippen MR) is 129 cm³/mol. The number of esters is 1. The molecule has 0 radical (unpaired) electrons. The highest BCUT2D eigenvalue weighted by Gasteiger charge is 2.11. The van der Waals surface area contributed by atoms with Crippen LogP contribution in [0.2, 0.25) is 0 Å². The maximum atomic E-state index is 11.0. The van der Waals surface area contributed by atoms with Crippen molar-refractivity contribution in [3.63, 3.8) is 0 Å². The monoisotopic (exact) mass is 446 g/mol. The third-order valence-corrected chi connectivity index (χ3v) is 5.54. The Morgan fingerprint density at radius 1 is 1.06 bits per heavy atom. The normalized spacial score (nSPS) is 13.6. The number of nitrogens with one attached hydrogen (secondary N) is 1. The van der Waals surface area contributed by atoms with Crippen molar-refractivity contribution < 1.29 is 14.3 Å². The molecule has 1 aliphatic rings. The summed E-state index contributed by atoms with van der Waals surface area (Å²) in [5.74, 6) is 1.68. The molecule has 4 rings (SSSR count). The van der Waals surface area contributed by atoms with E-state index in [1.54, 1.807) is 18.3 Å². The van der Waals surface area contributed by atoms with Crippen LogP contribution < -0.4 is 14.8 Å². The zero-order valence-corrected chi connectivity index (χ0v) is 19.0. The number of hydrogen-bond acceptors (Lipinski definition) is 7. The van der Waals surface area contributed by atoms with Gasteiger partial charge in [-0.2, -0.15) is 0 Å². The molecule has 0 atom stereocenters. The third kappa shape index (κ3) is 7.02. The second-order valence-electron chi connectivity index (χ2n) is 8.10. The number of hydrogen-bond donors (Lipinski definition) is 1. The molecule has 3 aromatic rings. The number of carbonyl (C=O) groups excluding carboxylic acids is 1. The van der Waals surface area contributed by atoms with Crippen LogP contribution in [-0.2, 0) is 11.2 Å². The van der Waals surface area contributed by atoms with Crippen molar-refractivity contribution in [1.82, 2.24) is 14.9 Å². The molecule has 1 fully saturated rings. The maximum Gasteiger partial charge on any atom is 0.308 e. The van der Waals surface area contributed by atoms with Crippen LogP contribution in [0, 0.1) is 0 Å². The van der Waals surface area contributed by atoms with Gasteiger partial charge >= 0.3 is 5.97 Å². The largest absolute Gasteiger partial charge is 0.492 e. The minimum absolute atomic E-state index is 0.319. The Morgan fingerprint density at radius 2 is 1.88 bits per heavy atom. The third-order valence-electron chi connectivity index (χ3n) is 5.54. The molecule has 7 nitrogen and oxygen atoms in total. The van der Waals surface area contributed by atoms with Crippen molar-refractivity contribution >= 4 is 11.9 Å². The summed E-state index contributed by atoms with van der Waals surface area (Å²) in [5, 5.41) is 3.29. The lowest BCUT2D eigenvalue weighted by atomic mass is 10.1. The maximum absolute atomic E-state index is 11.0. The molecule has 0 unspecified atom stereocenters. The van der Waals surface area contributed by atoms with Crippen LogP contribution in [-0.4, -0.2) is 53.6 Å². The van der Waals surface area contributed by atoms with Crippen LogP contribution in [0.15, 0.2) is 60.8 Å². The van der Waals surface area contributed by atoms with Gasteiger partial charge in [0.2, 0.25) is 5.95 Å². The number of likely N-dealkylation sites (tertiary alicyclic amines) is 1. The first-order valence-electron chi connectivity index (χ1n) is 11.5. The Bertz CT molecular complexity index is 1050. The molecule has 33 heavy (non-hydrogen) atoms. The molecular weight excluding hydrogens is 416 g/mol. The van der Waals surface area contributed by atoms with E-state index in [-0.39, 0.29) is 5.97 Å². The van der Waals surface area contributed by atoms with E-state index in [0.717, 1.165) is 35.5 Å². The first-order valence-corrected chi connectivity index (χ1v) is 11.5. The van der Waals surface area contributed by atoms with Crippen LogP contribution in [0.3, 0.4) is 0 Å². The summed E-state index contributed by atoms with van der Waals surface area (Å²) in [4.78, 5) is 22.5. The van der Waals surface area contributed by atoms with E-state index in [9.17, 15) is 4.79 Å². The molecule has 2 heterocycles. The molecule has 7 heteroatoms. The molecule has 1 saturated heterocycles. The highest BCUT2D eigenvalue weighted by molar-refractivity contribution is 5.69. The van der Waals surface area contributed by atoms with Gasteiger partial charge in [-0.1, -0.05) is 24.3 Å². The van der Waals surface area contributed by atoms with Gasteiger partial charge < -0.3 is 14.8 Å². The van der Waals surface area contributed by atoms with E-state index in [2.05, 4.69) is 20.2 Å². The van der Waals surface area contributed by atoms with E-state index >= 15 is 0 Å². The average molecular weight is 447 g/mol. The molecule has 1 aromatic heterocycles. The van der Waals surface area contributed by atoms with Crippen molar-refractivity contribution in [3.05, 3.63) is 66.4 Å². The summed E-state index contributed by atoms with van der Waals surface area (Å²) in [6.07, 6.45) is 5.15. The smallest absolute Gasteiger partial charge is 0.308 e. The van der Waals surface area contributed by atoms with Crippen LogP contribution in [0.4, 0.5) is 5.95 Å². The lowest BCUT2D eigenvalue weighted by Gasteiger charge is -2.15. The number of ether oxygens (including phenoxy) is 2. The number of rotatable bonds is 10. The molecule has 0 saturated carbocycles. The van der Waals surface area contributed by atoms with Crippen LogP contribution in [0.1, 0.15) is 25.3 Å². The average Bonchev–Trinajstić information content (AvgIpc) is 3.34. The Balaban J connectivity index is 1.29. The standard InChI is InChI=1S/C26H30N4O3/c1-20(31)33-23-9-7-21(8-10-23)11-13-27-26-28-14-12-25(29-26)22-5-4-6-24(19-22)32-18-17-30-15-2-3-16-30/h4-10,12,14,19H,2-3,11,13,15-18H2,1H3,(H,27,28,29). The lowest BCUT2D eigenvalue weighted by molar-refractivity contribution is -0.131. The first-order chi connectivity index (χ1) is 16.2. The number of nitrogens with zero attached hydrogens (tertiary/aromatic N) is 3. The lowest BCUT2D eigenvalue weighted by Crippen LogP contribution is -2.25. The van der Waals surface area contributed by atoms with Crippen molar-refractivity contribution in [2.75, 3.05) is 38.1 Å². The highest BCUT2D eigenvalue weighted by atomic mass is 16.5. The predicted octanol–water partition coefficient (Wildman–Crippen LogP) is 4.20. The van der Waals surface area contributed by atoms with Crippen LogP contribution in [0.5, 0.6) is 11.5 Å². The second-order valence-corrected chi connectivity index (χ2v) is 8.10. The zero-order chi connectivity index (χ0) is 22.9. The van der Waals surface area contributed by atoms with E-state index in [1.165, 1.54) is 32.9 Å². The Morgan fingerprint density at radius 3 is 2.67 bits per heavy atom. The minimum Gasteiger partial charge on any atom is -0.492 e. The Hall–Kier alpha value is -3.45. The molecule has 0 spiro atoms. The summed E-state index contributed by atoms with van der Waals surface area (Å²) in [6, 6.07) is 17.4. The summed E-state index contributed by atoms with van der Waals surface area (Å²) in [7, 11) is 0. The van der Waals surface area contributed by atoms with Crippen molar-refractivity contribution in [1.29, 1.82) is 0 Å². The zero-order valence-electron chi connectivity index (χ0n) is 19.0. The minimum atomic E-state index is -0.319. The van der Waals surface area contributed by atoms with Gasteiger partial charge in [-0.05, 0) is 68.2 Å². The van der Waals surface area contributed by atoms with Crippen LogP contribution in [0.25, 0.3) is 11.3 Å². The fourth-order valence-corrected chi connectivity index (χ4v) is 3.86. The summed E-state index contributed by atoms with van der Waals surface area (Å²) < 4.78 is 11.0. The topological polar surface area (TPSA) is 76.6 Å². The molecule has 0 amide bonds. The van der Waals surface area contributed by atoms with E-state index in [0.29, 0.717) is 24.8 Å². The fraction of sp³-hybridized carbons (Fsp3) is 0.346.